The minimum Gasteiger partial charge on any atom is -0.480 e. The van der Waals surface area contributed by atoms with Gasteiger partial charge in [0.1, 0.15) is 12.1 Å². The van der Waals surface area contributed by atoms with Gasteiger partial charge in [-0.05, 0) is 32.1 Å². The van der Waals surface area contributed by atoms with E-state index in [1.54, 1.807) is 6.92 Å². The lowest BCUT2D eigenvalue weighted by Gasteiger charge is -2.19. The zero-order valence-corrected chi connectivity index (χ0v) is 11.8. The van der Waals surface area contributed by atoms with Crippen LogP contribution in [0, 0.1) is 5.92 Å². The predicted octanol–water partition coefficient (Wildman–Crippen LogP) is 0.940. The van der Waals surface area contributed by atoms with E-state index in [4.69, 9.17) is 14.6 Å². The Labute approximate surface area is 118 Å². The van der Waals surface area contributed by atoms with Gasteiger partial charge in [0.25, 0.3) is 0 Å². The first kappa shape index (κ1) is 15.3. The maximum Gasteiger partial charge on any atom is 0.326 e. The van der Waals surface area contributed by atoms with E-state index >= 15 is 0 Å². The molecule has 1 heterocycles. The van der Waals surface area contributed by atoms with Crippen LogP contribution in [0.25, 0.3) is 0 Å². The van der Waals surface area contributed by atoms with Gasteiger partial charge in [0.2, 0.25) is 5.91 Å². The number of rotatable bonds is 8. The third-order valence-corrected chi connectivity index (χ3v) is 3.81. The average Bonchev–Trinajstić information content (AvgIpc) is 3.07. The molecule has 1 saturated heterocycles. The fraction of sp³-hybridized carbons (Fsp3) is 0.857. The summed E-state index contributed by atoms with van der Waals surface area (Å²) in [6.07, 6.45) is 4.02. The maximum absolute atomic E-state index is 11.9. The number of carboxylic acids is 1. The van der Waals surface area contributed by atoms with Crippen molar-refractivity contribution in [3.05, 3.63) is 0 Å². The molecule has 1 aliphatic heterocycles. The molecular formula is C14H23NO5. The summed E-state index contributed by atoms with van der Waals surface area (Å²) in [6, 6.07) is -0.802. The maximum atomic E-state index is 11.9. The molecular weight excluding hydrogens is 262 g/mol. The van der Waals surface area contributed by atoms with E-state index < -0.39 is 18.1 Å². The highest BCUT2D eigenvalue weighted by atomic mass is 16.5. The largest absolute Gasteiger partial charge is 0.480 e. The Morgan fingerprint density at radius 1 is 1.40 bits per heavy atom. The van der Waals surface area contributed by atoms with Crippen LogP contribution in [0.4, 0.5) is 0 Å². The lowest BCUT2D eigenvalue weighted by molar-refractivity contribution is -0.145. The number of aliphatic carboxylic acids is 1. The van der Waals surface area contributed by atoms with E-state index in [1.807, 2.05) is 0 Å². The van der Waals surface area contributed by atoms with E-state index in [9.17, 15) is 9.59 Å². The third-order valence-electron chi connectivity index (χ3n) is 3.81. The van der Waals surface area contributed by atoms with Crippen molar-refractivity contribution in [1.29, 1.82) is 0 Å². The molecule has 6 nitrogen and oxygen atoms in total. The van der Waals surface area contributed by atoms with Crippen molar-refractivity contribution in [1.82, 2.24) is 5.32 Å². The number of carboxylic acid groups (broad SMARTS) is 1. The van der Waals surface area contributed by atoms with Crippen LogP contribution >= 0.6 is 0 Å². The van der Waals surface area contributed by atoms with Crippen molar-refractivity contribution in [3.63, 3.8) is 0 Å². The lowest BCUT2D eigenvalue weighted by atomic mass is 10.1. The van der Waals surface area contributed by atoms with Gasteiger partial charge >= 0.3 is 5.97 Å². The number of carbonyl (C=O) groups excluding carboxylic acids is 1. The lowest BCUT2D eigenvalue weighted by Crippen LogP contribution is -2.46. The topological polar surface area (TPSA) is 84.9 Å². The van der Waals surface area contributed by atoms with Gasteiger partial charge in [0, 0.05) is 6.61 Å². The smallest absolute Gasteiger partial charge is 0.326 e. The van der Waals surface area contributed by atoms with Gasteiger partial charge in [-0.25, -0.2) is 4.79 Å². The Kier molecular flexibility index (Phi) is 5.37. The van der Waals surface area contributed by atoms with Crippen molar-refractivity contribution in [2.24, 2.45) is 5.92 Å². The second-order valence-electron chi connectivity index (χ2n) is 5.69. The number of hydrogen-bond donors (Lipinski definition) is 2. The van der Waals surface area contributed by atoms with Gasteiger partial charge < -0.3 is 19.9 Å². The van der Waals surface area contributed by atoms with Gasteiger partial charge in [-0.2, -0.15) is 0 Å². The zero-order valence-electron chi connectivity index (χ0n) is 11.8. The Morgan fingerprint density at radius 3 is 2.70 bits per heavy atom. The Bertz CT molecular complexity index is 349. The van der Waals surface area contributed by atoms with Gasteiger partial charge in [-0.1, -0.05) is 12.8 Å². The van der Waals surface area contributed by atoms with Crippen molar-refractivity contribution in [3.8, 4) is 0 Å². The molecule has 0 spiro atoms. The molecule has 0 bridgehead atoms. The van der Waals surface area contributed by atoms with E-state index in [2.05, 4.69) is 5.32 Å². The SMILES string of the molecule is CC(OCC1CCCO1)C(=O)NC(CC1CC1)C(=O)O. The standard InChI is InChI=1S/C14H23NO5/c1-9(20-8-11-3-2-6-19-11)13(16)15-12(14(17)18)7-10-4-5-10/h9-12H,2-8H2,1H3,(H,15,16)(H,17,18). The second-order valence-corrected chi connectivity index (χ2v) is 5.69. The minimum atomic E-state index is -0.975. The van der Waals surface area contributed by atoms with Crippen molar-refractivity contribution >= 4 is 11.9 Å². The molecule has 3 unspecified atom stereocenters. The van der Waals surface area contributed by atoms with Crippen LogP contribution in [0.15, 0.2) is 0 Å². The Morgan fingerprint density at radius 2 is 2.15 bits per heavy atom. The van der Waals surface area contributed by atoms with Gasteiger partial charge in [-0.3, -0.25) is 4.79 Å². The fourth-order valence-corrected chi connectivity index (χ4v) is 2.30. The number of ether oxygens (including phenoxy) is 2. The molecule has 1 saturated carbocycles. The summed E-state index contributed by atoms with van der Waals surface area (Å²) >= 11 is 0. The van der Waals surface area contributed by atoms with Gasteiger partial charge in [-0.15, -0.1) is 0 Å². The highest BCUT2D eigenvalue weighted by Crippen LogP contribution is 2.33. The van der Waals surface area contributed by atoms with Crippen LogP contribution in [-0.4, -0.2) is 48.4 Å². The Balaban J connectivity index is 1.71. The molecule has 0 aromatic heterocycles. The third kappa shape index (κ3) is 4.76. The van der Waals surface area contributed by atoms with E-state index in [0.29, 0.717) is 18.9 Å². The highest BCUT2D eigenvalue weighted by molar-refractivity contribution is 5.86. The first-order valence-electron chi connectivity index (χ1n) is 7.32. The summed E-state index contributed by atoms with van der Waals surface area (Å²) in [4.78, 5) is 23.0. The first-order valence-corrected chi connectivity index (χ1v) is 7.32. The molecule has 0 radical (unpaired) electrons. The van der Waals surface area contributed by atoms with Crippen molar-refractivity contribution in [2.45, 2.75) is 57.3 Å². The molecule has 6 heteroatoms. The van der Waals surface area contributed by atoms with E-state index in [-0.39, 0.29) is 12.0 Å². The first-order chi connectivity index (χ1) is 9.56. The molecule has 2 aliphatic rings. The minimum absolute atomic E-state index is 0.0620. The molecule has 2 fully saturated rings. The fourth-order valence-electron chi connectivity index (χ4n) is 2.30. The van der Waals surface area contributed by atoms with Crippen LogP contribution in [-0.2, 0) is 19.1 Å². The summed E-state index contributed by atoms with van der Waals surface area (Å²) in [6.45, 7) is 2.77. The average molecular weight is 285 g/mol. The predicted molar refractivity (Wildman–Crippen MR) is 71.3 cm³/mol. The summed E-state index contributed by atoms with van der Waals surface area (Å²) in [5.74, 6) is -0.896. The van der Waals surface area contributed by atoms with Crippen LogP contribution in [0.5, 0.6) is 0 Å². The number of hydrogen-bond acceptors (Lipinski definition) is 4. The van der Waals surface area contributed by atoms with Crippen LogP contribution in [0.1, 0.15) is 39.0 Å². The Hall–Kier alpha value is -1.14. The van der Waals surface area contributed by atoms with Crippen LogP contribution < -0.4 is 5.32 Å². The zero-order chi connectivity index (χ0) is 14.5. The quantitative estimate of drug-likeness (QED) is 0.693. The monoisotopic (exact) mass is 285 g/mol. The number of carbonyl (C=O) groups is 2. The van der Waals surface area contributed by atoms with Crippen molar-refractivity contribution < 1.29 is 24.2 Å². The molecule has 1 amide bonds. The normalized spacial score (nSPS) is 25.1. The van der Waals surface area contributed by atoms with Crippen molar-refractivity contribution in [2.75, 3.05) is 13.2 Å². The summed E-state index contributed by atoms with van der Waals surface area (Å²) in [5, 5.41) is 11.7. The number of amides is 1. The van der Waals surface area contributed by atoms with Gasteiger partial charge in [0.05, 0.1) is 12.7 Å². The molecule has 114 valence electrons. The summed E-state index contributed by atoms with van der Waals surface area (Å²) < 4.78 is 10.9. The van der Waals surface area contributed by atoms with Crippen LogP contribution in [0.2, 0.25) is 0 Å². The summed E-state index contributed by atoms with van der Waals surface area (Å²) in [5.41, 5.74) is 0. The molecule has 0 aromatic rings. The van der Waals surface area contributed by atoms with E-state index in [1.165, 1.54) is 0 Å². The molecule has 3 atom stereocenters. The molecule has 2 rings (SSSR count). The summed E-state index contributed by atoms with van der Waals surface area (Å²) in [7, 11) is 0. The van der Waals surface area contributed by atoms with Gasteiger partial charge in [0.15, 0.2) is 0 Å². The number of nitrogens with one attached hydrogen (secondary N) is 1. The molecule has 20 heavy (non-hydrogen) atoms. The van der Waals surface area contributed by atoms with E-state index in [0.717, 1.165) is 32.3 Å². The highest BCUT2D eigenvalue weighted by Gasteiger charge is 2.31. The molecule has 0 aromatic carbocycles. The second kappa shape index (κ2) is 7.04. The molecule has 1 aliphatic carbocycles. The molecule has 2 N–H and O–H groups in total. The van der Waals surface area contributed by atoms with Crippen LogP contribution in [0.3, 0.4) is 0 Å².